The molecule has 0 spiro atoms. The minimum Gasteiger partial charge on any atom is -0.454 e. The quantitative estimate of drug-likeness (QED) is 0.325. The standard InChI is InChI=1S/C27H28N4O4/c1-17-15-22(24(32)16-35-27(34)21-13-9-10-14-23(21)28-4)18(2)30(17)25-19(3)29(5)31(26(25)33)20-11-7-6-8-12-20/h6-15,28H,16H2,1-5H3. The second-order valence-electron chi connectivity index (χ2n) is 8.33. The fraction of sp³-hybridized carbons (Fsp3) is 0.222. The summed E-state index contributed by atoms with van der Waals surface area (Å²) in [5.74, 6) is -0.918. The highest BCUT2D eigenvalue weighted by molar-refractivity contribution is 6.01. The summed E-state index contributed by atoms with van der Waals surface area (Å²) >= 11 is 0. The highest BCUT2D eigenvalue weighted by Crippen LogP contribution is 2.23. The summed E-state index contributed by atoms with van der Waals surface area (Å²) in [4.78, 5) is 39.0. The average Bonchev–Trinajstić information content (AvgIpc) is 3.28. The molecule has 2 heterocycles. The Morgan fingerprint density at radius 3 is 2.26 bits per heavy atom. The molecule has 0 atom stereocenters. The molecule has 4 rings (SSSR count). The van der Waals surface area contributed by atoms with E-state index in [0.717, 1.165) is 17.1 Å². The molecule has 4 aromatic rings. The topological polar surface area (TPSA) is 87.3 Å². The first-order valence-corrected chi connectivity index (χ1v) is 11.3. The molecule has 0 fully saturated rings. The Bertz CT molecular complexity index is 1480. The van der Waals surface area contributed by atoms with Crippen LogP contribution in [0.15, 0.2) is 65.5 Å². The largest absolute Gasteiger partial charge is 0.454 e. The van der Waals surface area contributed by atoms with Crippen molar-refractivity contribution in [2.75, 3.05) is 19.0 Å². The summed E-state index contributed by atoms with van der Waals surface area (Å²) in [6, 6.07) is 18.1. The number of Topliss-reactive ketones (excluding diaryl/α,β-unsaturated/α-hetero) is 1. The normalized spacial score (nSPS) is 10.9. The molecular formula is C27H28N4O4. The van der Waals surface area contributed by atoms with Gasteiger partial charge in [-0.25, -0.2) is 9.48 Å². The molecule has 0 aliphatic carbocycles. The van der Waals surface area contributed by atoms with Gasteiger partial charge in [0.15, 0.2) is 6.61 Å². The third-order valence-corrected chi connectivity index (χ3v) is 6.23. The van der Waals surface area contributed by atoms with Crippen LogP contribution in [-0.2, 0) is 11.8 Å². The maximum absolute atomic E-state index is 13.5. The molecule has 180 valence electrons. The summed E-state index contributed by atoms with van der Waals surface area (Å²) in [6.07, 6.45) is 0. The molecule has 1 N–H and O–H groups in total. The number of para-hydroxylation sites is 2. The van der Waals surface area contributed by atoms with Gasteiger partial charge < -0.3 is 14.6 Å². The number of esters is 1. The van der Waals surface area contributed by atoms with Gasteiger partial charge in [0, 0.05) is 36.7 Å². The van der Waals surface area contributed by atoms with Crippen molar-refractivity contribution in [1.29, 1.82) is 0 Å². The first-order chi connectivity index (χ1) is 16.8. The monoisotopic (exact) mass is 472 g/mol. The summed E-state index contributed by atoms with van der Waals surface area (Å²) in [6.45, 7) is 5.11. The molecule has 8 nitrogen and oxygen atoms in total. The third kappa shape index (κ3) is 4.19. The highest BCUT2D eigenvalue weighted by atomic mass is 16.5. The van der Waals surface area contributed by atoms with Gasteiger partial charge in [0.05, 0.1) is 16.9 Å². The van der Waals surface area contributed by atoms with Gasteiger partial charge >= 0.3 is 5.97 Å². The van der Waals surface area contributed by atoms with Gasteiger partial charge in [-0.15, -0.1) is 0 Å². The zero-order valence-corrected chi connectivity index (χ0v) is 20.5. The Morgan fingerprint density at radius 1 is 0.914 bits per heavy atom. The lowest BCUT2D eigenvalue weighted by Crippen LogP contribution is -2.22. The van der Waals surface area contributed by atoms with E-state index in [1.54, 1.807) is 58.2 Å². The first-order valence-electron chi connectivity index (χ1n) is 11.3. The Balaban J connectivity index is 1.65. The molecule has 35 heavy (non-hydrogen) atoms. The van der Waals surface area contributed by atoms with Crippen LogP contribution in [0.5, 0.6) is 0 Å². The number of aryl methyl sites for hydroxylation is 1. The number of hydrogen-bond donors (Lipinski definition) is 1. The van der Waals surface area contributed by atoms with Crippen LogP contribution in [0, 0.1) is 20.8 Å². The van der Waals surface area contributed by atoms with Crippen molar-refractivity contribution in [3.05, 3.63) is 99.2 Å². The van der Waals surface area contributed by atoms with E-state index >= 15 is 0 Å². The maximum Gasteiger partial charge on any atom is 0.340 e. The minimum atomic E-state index is -0.582. The fourth-order valence-electron chi connectivity index (χ4n) is 4.37. The van der Waals surface area contributed by atoms with Crippen LogP contribution in [0.3, 0.4) is 0 Å². The zero-order chi connectivity index (χ0) is 25.3. The number of ether oxygens (including phenoxy) is 1. The molecule has 0 radical (unpaired) electrons. The van der Waals surface area contributed by atoms with Crippen molar-refractivity contribution < 1.29 is 14.3 Å². The van der Waals surface area contributed by atoms with Crippen LogP contribution < -0.4 is 10.9 Å². The maximum atomic E-state index is 13.5. The second kappa shape index (κ2) is 9.50. The number of anilines is 1. The van der Waals surface area contributed by atoms with Gasteiger partial charge in [0.25, 0.3) is 5.56 Å². The number of carbonyl (C=O) groups excluding carboxylic acids is 2. The Labute approximate surface area is 203 Å². The Morgan fingerprint density at radius 2 is 1.57 bits per heavy atom. The summed E-state index contributed by atoms with van der Waals surface area (Å²) in [5, 5.41) is 2.94. The number of carbonyl (C=O) groups is 2. The molecule has 8 heteroatoms. The van der Waals surface area contributed by atoms with E-state index in [2.05, 4.69) is 5.32 Å². The van der Waals surface area contributed by atoms with Gasteiger partial charge in [0.1, 0.15) is 5.69 Å². The predicted octanol–water partition coefficient (Wildman–Crippen LogP) is 3.97. The van der Waals surface area contributed by atoms with E-state index in [1.165, 1.54) is 0 Å². The molecule has 0 saturated heterocycles. The Hall–Kier alpha value is -4.33. The lowest BCUT2D eigenvalue weighted by Gasteiger charge is -2.10. The fourth-order valence-corrected chi connectivity index (χ4v) is 4.37. The molecule has 0 aliphatic rings. The lowest BCUT2D eigenvalue weighted by atomic mass is 10.1. The predicted molar refractivity (Wildman–Crippen MR) is 135 cm³/mol. The van der Waals surface area contributed by atoms with Gasteiger partial charge in [-0.1, -0.05) is 30.3 Å². The van der Waals surface area contributed by atoms with Crippen LogP contribution in [0.2, 0.25) is 0 Å². The van der Waals surface area contributed by atoms with Crippen molar-refractivity contribution in [3.8, 4) is 11.4 Å². The SMILES string of the molecule is CNc1ccccc1C(=O)OCC(=O)c1cc(C)n(-c2c(C)n(C)n(-c3ccccc3)c2=O)c1C. The van der Waals surface area contributed by atoms with Crippen molar-refractivity contribution in [1.82, 2.24) is 13.9 Å². The summed E-state index contributed by atoms with van der Waals surface area (Å²) in [5.41, 5.74) is 4.54. The smallest absolute Gasteiger partial charge is 0.340 e. The van der Waals surface area contributed by atoms with Crippen LogP contribution in [-0.4, -0.2) is 39.3 Å². The zero-order valence-electron chi connectivity index (χ0n) is 20.5. The number of ketones is 1. The number of rotatable bonds is 7. The first kappa shape index (κ1) is 23.8. The van der Waals surface area contributed by atoms with Crippen LogP contribution >= 0.6 is 0 Å². The summed E-state index contributed by atoms with van der Waals surface area (Å²) < 4.78 is 10.5. The van der Waals surface area contributed by atoms with Crippen LogP contribution in [0.1, 0.15) is 37.8 Å². The number of hydrogen-bond acceptors (Lipinski definition) is 5. The van der Waals surface area contributed by atoms with Crippen molar-refractivity contribution in [2.45, 2.75) is 20.8 Å². The summed E-state index contributed by atoms with van der Waals surface area (Å²) in [7, 11) is 3.54. The average molecular weight is 473 g/mol. The molecule has 0 saturated carbocycles. The molecular weight excluding hydrogens is 444 g/mol. The Kier molecular flexibility index (Phi) is 6.46. The highest BCUT2D eigenvalue weighted by Gasteiger charge is 2.24. The van der Waals surface area contributed by atoms with Crippen molar-refractivity contribution in [2.24, 2.45) is 7.05 Å². The number of benzene rings is 2. The number of nitrogens with one attached hydrogen (secondary N) is 1. The van der Waals surface area contributed by atoms with E-state index in [1.807, 2.05) is 51.2 Å². The van der Waals surface area contributed by atoms with Crippen LogP contribution in [0.4, 0.5) is 5.69 Å². The minimum absolute atomic E-state index is 0.188. The van der Waals surface area contributed by atoms with Crippen molar-refractivity contribution in [3.63, 3.8) is 0 Å². The van der Waals surface area contributed by atoms with Gasteiger partial charge in [-0.3, -0.25) is 14.3 Å². The van der Waals surface area contributed by atoms with Crippen LogP contribution in [0.25, 0.3) is 11.4 Å². The van der Waals surface area contributed by atoms with Gasteiger partial charge in [-0.05, 0) is 51.1 Å². The lowest BCUT2D eigenvalue weighted by molar-refractivity contribution is 0.0475. The van der Waals surface area contributed by atoms with E-state index < -0.39 is 12.6 Å². The third-order valence-electron chi connectivity index (χ3n) is 6.23. The molecule has 0 bridgehead atoms. The molecule has 2 aromatic heterocycles. The van der Waals surface area contributed by atoms with Crippen molar-refractivity contribution >= 4 is 17.4 Å². The van der Waals surface area contributed by atoms with E-state index in [4.69, 9.17) is 4.74 Å². The second-order valence-corrected chi connectivity index (χ2v) is 8.33. The molecule has 0 amide bonds. The molecule has 0 aliphatic heterocycles. The van der Waals surface area contributed by atoms with Gasteiger partial charge in [0.2, 0.25) is 5.78 Å². The number of aromatic nitrogens is 3. The number of nitrogens with zero attached hydrogens (tertiary/aromatic N) is 3. The molecule has 0 unspecified atom stereocenters. The van der Waals surface area contributed by atoms with E-state index in [0.29, 0.717) is 28.2 Å². The van der Waals surface area contributed by atoms with Gasteiger partial charge in [-0.2, -0.15) is 0 Å². The molecule has 2 aromatic carbocycles. The van der Waals surface area contributed by atoms with E-state index in [-0.39, 0.29) is 11.3 Å². The van der Waals surface area contributed by atoms with E-state index in [9.17, 15) is 14.4 Å².